The molecule has 1 aromatic heterocycles. The van der Waals surface area contributed by atoms with Gasteiger partial charge in [-0.15, -0.1) is 11.3 Å². The molecule has 1 atom stereocenters. The molecule has 0 aliphatic carbocycles. The number of thiophene rings is 1. The fraction of sp³-hybridized carbons (Fsp3) is 0.615. The number of amides is 1. The molecule has 1 aliphatic rings. The summed E-state index contributed by atoms with van der Waals surface area (Å²) >= 11 is 1.63. The zero-order chi connectivity index (χ0) is 12.8. The Kier molecular flexibility index (Phi) is 5.16. The highest BCUT2D eigenvalue weighted by atomic mass is 32.1. The highest BCUT2D eigenvalue weighted by molar-refractivity contribution is 7.10. The van der Waals surface area contributed by atoms with Crippen LogP contribution < -0.4 is 5.32 Å². The molecule has 2 heterocycles. The molecule has 1 N–H and O–H groups in total. The Hall–Kier alpha value is -0.910. The maximum absolute atomic E-state index is 11.7. The summed E-state index contributed by atoms with van der Waals surface area (Å²) in [6.07, 6.45) is 0.494. The van der Waals surface area contributed by atoms with E-state index in [1.807, 2.05) is 17.5 Å². The van der Waals surface area contributed by atoms with E-state index in [-0.39, 0.29) is 5.91 Å². The van der Waals surface area contributed by atoms with Crippen LogP contribution in [0.3, 0.4) is 0 Å². The zero-order valence-electron chi connectivity index (χ0n) is 10.7. The van der Waals surface area contributed by atoms with Gasteiger partial charge in [-0.2, -0.15) is 0 Å². The number of hydrogen-bond acceptors (Lipinski definition) is 4. The maximum Gasteiger partial charge on any atom is 0.225 e. The van der Waals surface area contributed by atoms with Crippen LogP contribution in [0.1, 0.15) is 11.8 Å². The minimum atomic E-state index is 0.109. The Morgan fingerprint density at radius 1 is 1.56 bits per heavy atom. The zero-order valence-corrected chi connectivity index (χ0v) is 11.5. The minimum absolute atomic E-state index is 0.109. The third-order valence-electron chi connectivity index (χ3n) is 3.18. The van der Waals surface area contributed by atoms with Crippen LogP contribution in [0.15, 0.2) is 17.5 Å². The number of carbonyl (C=O) groups is 1. The molecule has 0 bridgehead atoms. The van der Waals surface area contributed by atoms with Crippen molar-refractivity contribution in [2.24, 2.45) is 0 Å². The van der Waals surface area contributed by atoms with Gasteiger partial charge < -0.3 is 10.1 Å². The van der Waals surface area contributed by atoms with Gasteiger partial charge in [0.25, 0.3) is 0 Å². The lowest BCUT2D eigenvalue weighted by Gasteiger charge is -2.32. The van der Waals surface area contributed by atoms with E-state index in [1.165, 1.54) is 0 Å². The van der Waals surface area contributed by atoms with Crippen LogP contribution in [0.25, 0.3) is 0 Å². The summed E-state index contributed by atoms with van der Waals surface area (Å²) in [7, 11) is 0. The largest absolute Gasteiger partial charge is 0.379 e. The number of carbonyl (C=O) groups excluding carboxylic acids is 1. The molecule has 1 aliphatic heterocycles. The lowest BCUT2D eigenvalue weighted by molar-refractivity contribution is -0.120. The molecule has 1 fully saturated rings. The van der Waals surface area contributed by atoms with Gasteiger partial charge in [0.15, 0.2) is 0 Å². The molecule has 100 valence electrons. The number of morpholine rings is 1. The smallest absolute Gasteiger partial charge is 0.225 e. The van der Waals surface area contributed by atoms with Gasteiger partial charge in [0, 0.05) is 30.6 Å². The lowest BCUT2D eigenvalue weighted by Crippen LogP contribution is -2.47. The van der Waals surface area contributed by atoms with Gasteiger partial charge in [0.05, 0.1) is 19.6 Å². The summed E-state index contributed by atoms with van der Waals surface area (Å²) in [4.78, 5) is 15.2. The molecular formula is C13H20N2O2S. The lowest BCUT2D eigenvalue weighted by atomic mass is 10.2. The summed E-state index contributed by atoms with van der Waals surface area (Å²) in [5.41, 5.74) is 0. The van der Waals surface area contributed by atoms with Crippen molar-refractivity contribution < 1.29 is 9.53 Å². The predicted octanol–water partition coefficient (Wildman–Crippen LogP) is 1.13. The van der Waals surface area contributed by atoms with Crippen molar-refractivity contribution in [3.63, 3.8) is 0 Å². The molecule has 0 radical (unpaired) electrons. The van der Waals surface area contributed by atoms with Crippen molar-refractivity contribution in [2.45, 2.75) is 19.4 Å². The summed E-state index contributed by atoms with van der Waals surface area (Å²) in [5.74, 6) is 0.109. The molecule has 1 saturated heterocycles. The molecular weight excluding hydrogens is 248 g/mol. The van der Waals surface area contributed by atoms with E-state index >= 15 is 0 Å². The molecule has 18 heavy (non-hydrogen) atoms. The standard InChI is InChI=1S/C13H20N2O2S/c1-11(15-4-6-17-7-5-15)10-14-13(16)9-12-3-2-8-18-12/h2-3,8,11H,4-7,9-10H2,1H3,(H,14,16). The molecule has 0 aromatic carbocycles. The average molecular weight is 268 g/mol. The van der Waals surface area contributed by atoms with E-state index in [4.69, 9.17) is 4.74 Å². The van der Waals surface area contributed by atoms with Crippen molar-refractivity contribution in [2.75, 3.05) is 32.8 Å². The van der Waals surface area contributed by atoms with Gasteiger partial charge in [-0.25, -0.2) is 0 Å². The van der Waals surface area contributed by atoms with E-state index in [2.05, 4.69) is 17.1 Å². The second-order valence-electron chi connectivity index (χ2n) is 4.56. The molecule has 1 aromatic rings. The normalized spacial score (nSPS) is 18.5. The topological polar surface area (TPSA) is 41.6 Å². The van der Waals surface area contributed by atoms with Gasteiger partial charge >= 0.3 is 0 Å². The molecule has 4 nitrogen and oxygen atoms in total. The van der Waals surface area contributed by atoms with Crippen LogP contribution >= 0.6 is 11.3 Å². The van der Waals surface area contributed by atoms with Crippen LogP contribution in [0, 0.1) is 0 Å². The summed E-state index contributed by atoms with van der Waals surface area (Å²) in [5, 5.41) is 5.00. The highest BCUT2D eigenvalue weighted by Gasteiger charge is 2.17. The Bertz CT molecular complexity index is 361. The van der Waals surface area contributed by atoms with Crippen LogP contribution in [-0.2, 0) is 16.0 Å². The van der Waals surface area contributed by atoms with E-state index in [9.17, 15) is 4.79 Å². The summed E-state index contributed by atoms with van der Waals surface area (Å²) in [6.45, 7) is 6.38. The van der Waals surface area contributed by atoms with Gasteiger partial charge in [0.2, 0.25) is 5.91 Å². The third-order valence-corrected chi connectivity index (χ3v) is 4.05. The van der Waals surface area contributed by atoms with E-state index < -0.39 is 0 Å². The second kappa shape index (κ2) is 6.87. The second-order valence-corrected chi connectivity index (χ2v) is 5.59. The van der Waals surface area contributed by atoms with Crippen molar-refractivity contribution in [3.05, 3.63) is 22.4 Å². The molecule has 1 amide bonds. The van der Waals surface area contributed by atoms with Crippen LogP contribution in [0.4, 0.5) is 0 Å². The molecule has 1 unspecified atom stereocenters. The first-order chi connectivity index (χ1) is 8.75. The van der Waals surface area contributed by atoms with Crippen molar-refractivity contribution in [1.82, 2.24) is 10.2 Å². The maximum atomic E-state index is 11.7. The fourth-order valence-corrected chi connectivity index (χ4v) is 2.75. The third kappa shape index (κ3) is 4.08. The quantitative estimate of drug-likeness (QED) is 0.870. The van der Waals surface area contributed by atoms with E-state index in [0.29, 0.717) is 19.0 Å². The van der Waals surface area contributed by atoms with Gasteiger partial charge in [-0.3, -0.25) is 9.69 Å². The van der Waals surface area contributed by atoms with Crippen LogP contribution in [0.5, 0.6) is 0 Å². The summed E-state index contributed by atoms with van der Waals surface area (Å²) < 4.78 is 5.32. The van der Waals surface area contributed by atoms with Gasteiger partial charge in [-0.05, 0) is 18.4 Å². The summed E-state index contributed by atoms with van der Waals surface area (Å²) in [6, 6.07) is 4.35. The number of nitrogens with one attached hydrogen (secondary N) is 1. The number of hydrogen-bond donors (Lipinski definition) is 1. The molecule has 5 heteroatoms. The first kappa shape index (κ1) is 13.5. The first-order valence-electron chi connectivity index (χ1n) is 6.36. The molecule has 0 saturated carbocycles. The van der Waals surface area contributed by atoms with E-state index in [0.717, 1.165) is 31.2 Å². The SMILES string of the molecule is CC(CNC(=O)Cc1cccs1)N1CCOCC1. The molecule has 2 rings (SSSR count). The Morgan fingerprint density at radius 2 is 2.33 bits per heavy atom. The van der Waals surface area contributed by atoms with Crippen LogP contribution in [0.2, 0.25) is 0 Å². The Labute approximate surface area is 112 Å². The number of ether oxygens (including phenoxy) is 1. The number of nitrogens with zero attached hydrogens (tertiary/aromatic N) is 1. The monoisotopic (exact) mass is 268 g/mol. The fourth-order valence-electron chi connectivity index (χ4n) is 2.04. The number of rotatable bonds is 5. The van der Waals surface area contributed by atoms with Gasteiger partial charge in [0.1, 0.15) is 0 Å². The van der Waals surface area contributed by atoms with Crippen LogP contribution in [-0.4, -0.2) is 49.7 Å². The minimum Gasteiger partial charge on any atom is -0.379 e. The van der Waals surface area contributed by atoms with Gasteiger partial charge in [-0.1, -0.05) is 6.07 Å². The van der Waals surface area contributed by atoms with Crippen molar-refractivity contribution >= 4 is 17.2 Å². The average Bonchev–Trinajstić information content (AvgIpc) is 2.90. The first-order valence-corrected chi connectivity index (χ1v) is 7.24. The molecule has 0 spiro atoms. The Morgan fingerprint density at radius 3 is 3.00 bits per heavy atom. The highest BCUT2D eigenvalue weighted by Crippen LogP contribution is 2.09. The van der Waals surface area contributed by atoms with Crippen molar-refractivity contribution in [3.8, 4) is 0 Å². The van der Waals surface area contributed by atoms with Crippen molar-refractivity contribution in [1.29, 1.82) is 0 Å². The Balaban J connectivity index is 1.68. The van der Waals surface area contributed by atoms with E-state index in [1.54, 1.807) is 11.3 Å². The predicted molar refractivity (Wildman–Crippen MR) is 72.9 cm³/mol.